The van der Waals surface area contributed by atoms with Gasteiger partial charge in [-0.25, -0.2) is 8.42 Å². The van der Waals surface area contributed by atoms with Crippen LogP contribution in [-0.4, -0.2) is 31.2 Å². The van der Waals surface area contributed by atoms with E-state index in [2.05, 4.69) is 5.32 Å². The molecule has 2 rings (SSSR count). The first-order chi connectivity index (χ1) is 7.48. The first-order valence-corrected chi connectivity index (χ1v) is 6.41. The summed E-state index contributed by atoms with van der Waals surface area (Å²) in [5.74, 6) is 0. The molecule has 17 heavy (non-hydrogen) atoms. The van der Waals surface area contributed by atoms with Crippen LogP contribution in [0.2, 0.25) is 0 Å². The van der Waals surface area contributed by atoms with Gasteiger partial charge in [-0.3, -0.25) is 0 Å². The average molecular weight is 280 g/mol. The second-order valence-electron chi connectivity index (χ2n) is 3.33. The summed E-state index contributed by atoms with van der Waals surface area (Å²) in [4.78, 5) is 1.62. The van der Waals surface area contributed by atoms with Gasteiger partial charge in [0.15, 0.2) is 5.11 Å². The van der Waals surface area contributed by atoms with Crippen LogP contribution >= 0.6 is 12.2 Å². The molecule has 1 aliphatic heterocycles. The van der Waals surface area contributed by atoms with Crippen molar-refractivity contribution < 1.29 is 42.5 Å². The third-order valence-corrected chi connectivity index (χ3v) is 3.51. The van der Waals surface area contributed by atoms with Crippen LogP contribution in [-0.2, 0) is 10.1 Å². The molecule has 5 nitrogen and oxygen atoms in total. The predicted molar refractivity (Wildman–Crippen MR) is 62.4 cm³/mol. The molecule has 0 spiro atoms. The predicted octanol–water partition coefficient (Wildman–Crippen LogP) is -2.71. The normalized spacial score (nSPS) is 15.4. The van der Waals surface area contributed by atoms with Crippen molar-refractivity contribution in [3.63, 3.8) is 0 Å². The van der Waals surface area contributed by atoms with E-state index in [-0.39, 0.29) is 34.5 Å². The minimum absolute atomic E-state index is 0. The molecule has 0 bridgehead atoms. The number of hydrogen-bond acceptors (Lipinski definition) is 4. The first kappa shape index (κ1) is 14.9. The molecule has 1 aromatic rings. The van der Waals surface area contributed by atoms with E-state index in [1.165, 1.54) is 12.1 Å². The fourth-order valence-electron chi connectivity index (χ4n) is 1.51. The second kappa shape index (κ2) is 5.64. The molecule has 0 aromatic heterocycles. The zero-order valence-electron chi connectivity index (χ0n) is 9.21. The third kappa shape index (κ3) is 3.40. The molecular weight excluding hydrogens is 271 g/mol. The summed E-state index contributed by atoms with van der Waals surface area (Å²) in [7, 11) is -4.37. The molecule has 1 fully saturated rings. The molecule has 0 aliphatic carbocycles. The summed E-state index contributed by atoms with van der Waals surface area (Å²) in [6.07, 6.45) is 0. The molecule has 8 heteroatoms. The van der Waals surface area contributed by atoms with Gasteiger partial charge in [0, 0.05) is 18.8 Å². The number of hydrogen-bond donors (Lipinski definition) is 1. The van der Waals surface area contributed by atoms with Gasteiger partial charge in [-0.15, -0.1) is 0 Å². The Hall–Kier alpha value is -0.180. The summed E-state index contributed by atoms with van der Waals surface area (Å²) < 4.78 is 32.2. The SMILES string of the molecule is O=S(=O)([O-])c1ccc(N2CCNC2=S)cc1.[Na+]. The van der Waals surface area contributed by atoms with Crippen molar-refractivity contribution in [3.05, 3.63) is 24.3 Å². The van der Waals surface area contributed by atoms with Crippen LogP contribution in [0, 0.1) is 0 Å². The molecule has 1 heterocycles. The van der Waals surface area contributed by atoms with E-state index < -0.39 is 10.1 Å². The van der Waals surface area contributed by atoms with Crippen LogP contribution in [0.4, 0.5) is 5.69 Å². The molecule has 0 amide bonds. The van der Waals surface area contributed by atoms with E-state index in [0.29, 0.717) is 5.11 Å². The Morgan fingerprint density at radius 3 is 2.29 bits per heavy atom. The standard InChI is InChI=1S/C9H10N2O3S2.Na/c12-16(13,14)8-3-1-7(2-4-8)11-6-5-10-9(11)15;/h1-4H,5-6H2,(H,10,15)(H,12,13,14);/q;+1/p-1. The van der Waals surface area contributed by atoms with E-state index >= 15 is 0 Å². The van der Waals surface area contributed by atoms with Crippen LogP contribution in [0.25, 0.3) is 0 Å². The van der Waals surface area contributed by atoms with Crippen LogP contribution in [0.1, 0.15) is 0 Å². The molecule has 0 saturated carbocycles. The van der Waals surface area contributed by atoms with Gasteiger partial charge in [-0.1, -0.05) is 0 Å². The van der Waals surface area contributed by atoms with Crippen LogP contribution in [0.3, 0.4) is 0 Å². The number of rotatable bonds is 2. The maximum absolute atomic E-state index is 10.7. The summed E-state index contributed by atoms with van der Waals surface area (Å²) >= 11 is 5.06. The Labute approximate surface area is 127 Å². The Balaban J connectivity index is 0.00000144. The van der Waals surface area contributed by atoms with Gasteiger partial charge in [0.05, 0.1) is 4.90 Å². The molecule has 0 atom stereocenters. The number of anilines is 1. The van der Waals surface area contributed by atoms with Crippen LogP contribution in [0.5, 0.6) is 0 Å². The summed E-state index contributed by atoms with van der Waals surface area (Å²) in [6, 6.07) is 5.73. The van der Waals surface area contributed by atoms with Crippen molar-refractivity contribution in [1.82, 2.24) is 5.32 Å². The maximum atomic E-state index is 10.7. The fourth-order valence-corrected chi connectivity index (χ4v) is 2.28. The molecule has 1 N–H and O–H groups in total. The molecule has 1 aliphatic rings. The van der Waals surface area contributed by atoms with Crippen molar-refractivity contribution in [3.8, 4) is 0 Å². The third-order valence-electron chi connectivity index (χ3n) is 2.29. The van der Waals surface area contributed by atoms with E-state index in [1.54, 1.807) is 12.1 Å². The van der Waals surface area contributed by atoms with E-state index in [4.69, 9.17) is 12.2 Å². The van der Waals surface area contributed by atoms with Crippen molar-refractivity contribution in [2.24, 2.45) is 0 Å². The van der Waals surface area contributed by atoms with Crippen molar-refractivity contribution in [2.45, 2.75) is 4.90 Å². The second-order valence-corrected chi connectivity index (χ2v) is 5.10. The first-order valence-electron chi connectivity index (χ1n) is 4.60. The van der Waals surface area contributed by atoms with Crippen molar-refractivity contribution in [1.29, 1.82) is 0 Å². The number of nitrogens with one attached hydrogen (secondary N) is 1. The van der Waals surface area contributed by atoms with Crippen molar-refractivity contribution >= 4 is 33.1 Å². The molecule has 1 aromatic carbocycles. The van der Waals surface area contributed by atoms with E-state index in [9.17, 15) is 13.0 Å². The zero-order valence-corrected chi connectivity index (χ0v) is 12.8. The Morgan fingerprint density at radius 2 is 1.88 bits per heavy atom. The molecular formula is C9H9N2NaO3S2. The number of nitrogens with zero attached hydrogens (tertiary/aromatic N) is 1. The Bertz CT molecular complexity index is 516. The van der Waals surface area contributed by atoms with Gasteiger partial charge in [-0.2, -0.15) is 0 Å². The van der Waals surface area contributed by atoms with E-state index in [0.717, 1.165) is 18.8 Å². The Morgan fingerprint density at radius 1 is 1.29 bits per heavy atom. The van der Waals surface area contributed by atoms with E-state index in [1.807, 2.05) is 4.90 Å². The molecule has 0 radical (unpaired) electrons. The average Bonchev–Trinajstić information content (AvgIpc) is 2.63. The van der Waals surface area contributed by atoms with Gasteiger partial charge >= 0.3 is 29.6 Å². The van der Waals surface area contributed by atoms with Gasteiger partial charge in [-0.05, 0) is 36.5 Å². The molecule has 1 saturated heterocycles. The minimum atomic E-state index is -4.37. The molecule has 86 valence electrons. The fraction of sp³-hybridized carbons (Fsp3) is 0.222. The van der Waals surface area contributed by atoms with Gasteiger partial charge < -0.3 is 14.8 Å². The summed E-state index contributed by atoms with van der Waals surface area (Å²) in [5, 5.41) is 3.60. The minimum Gasteiger partial charge on any atom is -0.744 e. The monoisotopic (exact) mass is 280 g/mol. The summed E-state index contributed by atoms with van der Waals surface area (Å²) in [5.41, 5.74) is 0.780. The number of thiocarbonyl (C=S) groups is 1. The van der Waals surface area contributed by atoms with Crippen LogP contribution in [0.15, 0.2) is 29.2 Å². The van der Waals surface area contributed by atoms with Gasteiger partial charge in [0.25, 0.3) is 0 Å². The topological polar surface area (TPSA) is 72.5 Å². The van der Waals surface area contributed by atoms with Crippen molar-refractivity contribution in [2.75, 3.05) is 18.0 Å². The quantitative estimate of drug-likeness (QED) is 0.361. The van der Waals surface area contributed by atoms with Crippen LogP contribution < -0.4 is 39.8 Å². The maximum Gasteiger partial charge on any atom is 1.00 e. The zero-order chi connectivity index (χ0) is 11.8. The smallest absolute Gasteiger partial charge is 0.744 e. The largest absolute Gasteiger partial charge is 1.00 e. The molecule has 0 unspecified atom stereocenters. The summed E-state index contributed by atoms with van der Waals surface area (Å²) in [6.45, 7) is 1.50. The van der Waals surface area contributed by atoms with Gasteiger partial charge in [0.1, 0.15) is 10.1 Å². The van der Waals surface area contributed by atoms with Gasteiger partial charge in [0.2, 0.25) is 0 Å². The Kier molecular flexibility index (Phi) is 4.94. The number of benzene rings is 1.